The Bertz CT molecular complexity index is 1110. The number of carbonyl (C=O) groups is 1. The highest BCUT2D eigenvalue weighted by Crippen LogP contribution is 2.46. The van der Waals surface area contributed by atoms with Crippen molar-refractivity contribution >= 4 is 17.2 Å². The number of ether oxygens (including phenoxy) is 2. The molecule has 1 aliphatic heterocycles. The average molecular weight is 405 g/mol. The van der Waals surface area contributed by atoms with Gasteiger partial charge in [0.2, 0.25) is 0 Å². The van der Waals surface area contributed by atoms with Crippen molar-refractivity contribution in [1.29, 1.82) is 0 Å². The second kappa shape index (κ2) is 7.91. The molecule has 0 aromatic heterocycles. The summed E-state index contributed by atoms with van der Waals surface area (Å²) < 4.78 is 25.2. The third kappa shape index (κ3) is 3.26. The van der Waals surface area contributed by atoms with E-state index in [9.17, 15) is 14.3 Å². The van der Waals surface area contributed by atoms with Gasteiger partial charge in [0.15, 0.2) is 5.76 Å². The number of hydrogen-bond donors (Lipinski definition) is 1. The molecule has 0 saturated heterocycles. The second-order valence-corrected chi connectivity index (χ2v) is 6.79. The lowest BCUT2D eigenvalue weighted by Crippen LogP contribution is -2.30. The monoisotopic (exact) mass is 405 g/mol. The first-order valence-electron chi connectivity index (χ1n) is 9.34. The van der Waals surface area contributed by atoms with Crippen LogP contribution in [0.4, 0.5) is 10.1 Å². The van der Waals surface area contributed by atoms with Crippen LogP contribution in [0.5, 0.6) is 11.5 Å². The Morgan fingerprint density at radius 1 is 0.867 bits per heavy atom. The number of hydrogen-bond acceptors (Lipinski definition) is 4. The fourth-order valence-electron chi connectivity index (χ4n) is 3.67. The van der Waals surface area contributed by atoms with E-state index < -0.39 is 23.5 Å². The van der Waals surface area contributed by atoms with Crippen molar-refractivity contribution in [2.75, 3.05) is 19.1 Å². The molecule has 0 saturated carbocycles. The first-order chi connectivity index (χ1) is 14.5. The van der Waals surface area contributed by atoms with Crippen LogP contribution in [0.25, 0.3) is 5.57 Å². The maximum Gasteiger partial charge on any atom is 0.294 e. The Labute approximate surface area is 173 Å². The van der Waals surface area contributed by atoms with E-state index in [1.165, 1.54) is 11.0 Å². The molecule has 1 amide bonds. The molecular formula is C24H20FNO4. The van der Waals surface area contributed by atoms with Gasteiger partial charge in [0, 0.05) is 16.8 Å². The number of aliphatic hydroxyl groups excluding tert-OH is 1. The predicted molar refractivity (Wildman–Crippen MR) is 112 cm³/mol. The summed E-state index contributed by atoms with van der Waals surface area (Å²) in [7, 11) is 3.10. The third-order valence-corrected chi connectivity index (χ3v) is 5.16. The van der Waals surface area contributed by atoms with Gasteiger partial charge in [-0.3, -0.25) is 9.69 Å². The number of carbonyl (C=O) groups excluding carboxylic acids is 1. The molecular weight excluding hydrogens is 385 g/mol. The zero-order valence-corrected chi connectivity index (χ0v) is 16.5. The summed E-state index contributed by atoms with van der Waals surface area (Å²) in [5.41, 5.74) is 1.75. The van der Waals surface area contributed by atoms with Crippen molar-refractivity contribution in [2.24, 2.45) is 0 Å². The van der Waals surface area contributed by atoms with E-state index in [2.05, 4.69) is 0 Å². The summed E-state index contributed by atoms with van der Waals surface area (Å²) in [6.07, 6.45) is 0. The van der Waals surface area contributed by atoms with E-state index in [0.29, 0.717) is 28.3 Å². The average Bonchev–Trinajstić information content (AvgIpc) is 3.04. The van der Waals surface area contributed by atoms with Crippen LogP contribution in [0, 0.1) is 5.82 Å². The maximum absolute atomic E-state index is 14.8. The van der Waals surface area contributed by atoms with Crippen LogP contribution >= 0.6 is 0 Å². The molecule has 1 heterocycles. The van der Waals surface area contributed by atoms with E-state index in [0.717, 1.165) is 0 Å². The largest absolute Gasteiger partial charge is 0.503 e. The van der Waals surface area contributed by atoms with Crippen molar-refractivity contribution < 1.29 is 23.8 Å². The highest BCUT2D eigenvalue weighted by atomic mass is 19.1. The van der Waals surface area contributed by atoms with Crippen LogP contribution in [0.3, 0.4) is 0 Å². The number of amides is 1. The molecule has 6 heteroatoms. The summed E-state index contributed by atoms with van der Waals surface area (Å²) >= 11 is 0. The topological polar surface area (TPSA) is 59.0 Å². The van der Waals surface area contributed by atoms with Gasteiger partial charge in [0.25, 0.3) is 5.91 Å². The highest BCUT2D eigenvalue weighted by Gasteiger charge is 2.43. The molecule has 1 atom stereocenters. The molecule has 1 N–H and O–H groups in total. The molecule has 1 unspecified atom stereocenters. The molecule has 0 fully saturated rings. The van der Waals surface area contributed by atoms with Gasteiger partial charge in [0.1, 0.15) is 17.3 Å². The van der Waals surface area contributed by atoms with Gasteiger partial charge >= 0.3 is 0 Å². The van der Waals surface area contributed by atoms with Gasteiger partial charge in [0.05, 0.1) is 20.3 Å². The SMILES string of the molecule is COc1ccc(C2=C(O)C(=O)N(c3ccc(OC)cc3)C2c2ccccc2F)cc1. The molecule has 1 aliphatic rings. The van der Waals surface area contributed by atoms with Crippen LogP contribution in [-0.2, 0) is 4.79 Å². The fraction of sp³-hybridized carbons (Fsp3) is 0.125. The molecule has 30 heavy (non-hydrogen) atoms. The molecule has 0 radical (unpaired) electrons. The van der Waals surface area contributed by atoms with Gasteiger partial charge in [-0.05, 0) is 48.0 Å². The van der Waals surface area contributed by atoms with Crippen LogP contribution in [0.1, 0.15) is 17.2 Å². The van der Waals surface area contributed by atoms with Crippen LogP contribution in [0.15, 0.2) is 78.6 Å². The number of anilines is 1. The molecule has 152 valence electrons. The lowest BCUT2D eigenvalue weighted by atomic mass is 9.93. The van der Waals surface area contributed by atoms with Gasteiger partial charge in [-0.15, -0.1) is 0 Å². The van der Waals surface area contributed by atoms with Crippen molar-refractivity contribution in [3.05, 3.63) is 95.5 Å². The second-order valence-electron chi connectivity index (χ2n) is 6.79. The van der Waals surface area contributed by atoms with E-state index in [4.69, 9.17) is 9.47 Å². The van der Waals surface area contributed by atoms with Crippen molar-refractivity contribution in [2.45, 2.75) is 6.04 Å². The number of halogens is 1. The van der Waals surface area contributed by atoms with Crippen molar-refractivity contribution in [1.82, 2.24) is 0 Å². The van der Waals surface area contributed by atoms with Gasteiger partial charge in [-0.2, -0.15) is 0 Å². The van der Waals surface area contributed by atoms with E-state index in [1.54, 1.807) is 80.9 Å². The lowest BCUT2D eigenvalue weighted by molar-refractivity contribution is -0.117. The fourth-order valence-corrected chi connectivity index (χ4v) is 3.67. The maximum atomic E-state index is 14.8. The number of aliphatic hydroxyl groups is 1. The van der Waals surface area contributed by atoms with Crippen molar-refractivity contribution in [3.63, 3.8) is 0 Å². The number of nitrogens with zero attached hydrogens (tertiary/aromatic N) is 1. The van der Waals surface area contributed by atoms with Crippen molar-refractivity contribution in [3.8, 4) is 11.5 Å². The van der Waals surface area contributed by atoms with E-state index >= 15 is 0 Å². The van der Waals surface area contributed by atoms with Gasteiger partial charge < -0.3 is 14.6 Å². The quantitative estimate of drug-likeness (QED) is 0.656. The summed E-state index contributed by atoms with van der Waals surface area (Å²) in [5, 5.41) is 10.8. The summed E-state index contributed by atoms with van der Waals surface area (Å²) in [6, 6.07) is 19.2. The Hall–Kier alpha value is -3.80. The van der Waals surface area contributed by atoms with Crippen LogP contribution < -0.4 is 14.4 Å². The Morgan fingerprint density at radius 2 is 1.43 bits per heavy atom. The summed E-state index contributed by atoms with van der Waals surface area (Å²) in [5.74, 6) is -0.212. The molecule has 3 aromatic carbocycles. The summed E-state index contributed by atoms with van der Waals surface area (Å²) in [6.45, 7) is 0. The Kier molecular flexibility index (Phi) is 5.14. The molecule has 0 bridgehead atoms. The minimum absolute atomic E-state index is 0.288. The van der Waals surface area contributed by atoms with Gasteiger partial charge in [-0.1, -0.05) is 30.3 Å². The summed E-state index contributed by atoms with van der Waals surface area (Å²) in [4.78, 5) is 14.5. The first-order valence-corrected chi connectivity index (χ1v) is 9.34. The molecule has 4 rings (SSSR count). The third-order valence-electron chi connectivity index (χ3n) is 5.16. The Morgan fingerprint density at radius 3 is 2.00 bits per heavy atom. The normalized spacial score (nSPS) is 16.2. The molecule has 0 spiro atoms. The molecule has 0 aliphatic carbocycles. The van der Waals surface area contributed by atoms with E-state index in [1.807, 2.05) is 0 Å². The predicted octanol–water partition coefficient (Wildman–Crippen LogP) is 4.90. The molecule has 5 nitrogen and oxygen atoms in total. The minimum atomic E-state index is -0.833. The zero-order chi connectivity index (χ0) is 21.3. The number of rotatable bonds is 5. The lowest BCUT2D eigenvalue weighted by Gasteiger charge is -2.28. The van der Waals surface area contributed by atoms with Crippen LogP contribution in [0.2, 0.25) is 0 Å². The number of methoxy groups -OCH3 is 2. The van der Waals surface area contributed by atoms with E-state index in [-0.39, 0.29) is 5.56 Å². The highest BCUT2D eigenvalue weighted by molar-refractivity contribution is 6.16. The number of benzene rings is 3. The molecule has 3 aromatic rings. The Balaban J connectivity index is 1.88. The van der Waals surface area contributed by atoms with Gasteiger partial charge in [-0.25, -0.2) is 4.39 Å². The van der Waals surface area contributed by atoms with Crippen LogP contribution in [-0.4, -0.2) is 25.2 Å². The zero-order valence-electron chi connectivity index (χ0n) is 16.5. The first kappa shape index (κ1) is 19.5. The smallest absolute Gasteiger partial charge is 0.294 e. The standard InChI is InChI=1S/C24H20FNO4/c1-29-17-11-7-15(8-12-17)21-22(19-5-3-4-6-20(19)25)26(24(28)23(21)27)16-9-13-18(30-2)14-10-16/h3-14,22,27H,1-2H3. The minimum Gasteiger partial charge on any atom is -0.503 e.